The molecule has 80 valence electrons. The highest BCUT2D eigenvalue weighted by Crippen LogP contribution is 2.21. The Balaban J connectivity index is 0.00000169. The van der Waals surface area contributed by atoms with Crippen LogP contribution in [0.1, 0.15) is 23.6 Å². The first-order chi connectivity index (χ1) is 6.15. The SMILES string of the molecule is Cc1cc([C@H](N)CCF)ccc1O.Cl. The van der Waals surface area contributed by atoms with Crippen molar-refractivity contribution in [1.29, 1.82) is 0 Å². The predicted octanol–water partition coefficient (Wildman–Crippen LogP) is 2.48. The quantitative estimate of drug-likeness (QED) is 0.821. The predicted molar refractivity (Wildman–Crippen MR) is 57.6 cm³/mol. The van der Waals surface area contributed by atoms with E-state index in [4.69, 9.17) is 5.73 Å². The third-order valence-corrected chi connectivity index (χ3v) is 2.07. The molecule has 1 aromatic carbocycles. The second kappa shape index (κ2) is 5.83. The van der Waals surface area contributed by atoms with Gasteiger partial charge in [0, 0.05) is 6.04 Å². The van der Waals surface area contributed by atoms with Crippen LogP contribution in [-0.4, -0.2) is 11.8 Å². The van der Waals surface area contributed by atoms with Gasteiger partial charge in [-0.15, -0.1) is 12.4 Å². The van der Waals surface area contributed by atoms with Gasteiger partial charge in [-0.25, -0.2) is 0 Å². The third-order valence-electron chi connectivity index (χ3n) is 2.07. The molecule has 0 spiro atoms. The van der Waals surface area contributed by atoms with E-state index in [1.165, 1.54) is 0 Å². The number of aromatic hydroxyl groups is 1. The average Bonchev–Trinajstić information content (AvgIpc) is 2.10. The van der Waals surface area contributed by atoms with E-state index in [2.05, 4.69) is 0 Å². The van der Waals surface area contributed by atoms with Crippen LogP contribution < -0.4 is 5.73 Å². The van der Waals surface area contributed by atoms with E-state index in [0.29, 0.717) is 6.42 Å². The molecule has 4 heteroatoms. The maximum atomic E-state index is 12.0. The summed E-state index contributed by atoms with van der Waals surface area (Å²) in [5.74, 6) is 0.246. The maximum absolute atomic E-state index is 12.0. The van der Waals surface area contributed by atoms with Crippen LogP contribution in [-0.2, 0) is 0 Å². The van der Waals surface area contributed by atoms with Gasteiger partial charge in [0.2, 0.25) is 0 Å². The Labute approximate surface area is 89.3 Å². The van der Waals surface area contributed by atoms with Crippen molar-refractivity contribution in [3.05, 3.63) is 29.3 Å². The summed E-state index contributed by atoms with van der Waals surface area (Å²) in [6.07, 6.45) is 0.324. The van der Waals surface area contributed by atoms with Gasteiger partial charge in [-0.3, -0.25) is 4.39 Å². The molecule has 0 aliphatic heterocycles. The van der Waals surface area contributed by atoms with E-state index in [1.54, 1.807) is 25.1 Å². The van der Waals surface area contributed by atoms with Crippen LogP contribution in [0.2, 0.25) is 0 Å². The standard InChI is InChI=1S/C10H14FNO.ClH/c1-7-6-8(2-3-10(7)13)9(12)4-5-11;/h2-3,6,9,13H,4-5,12H2,1H3;1H/t9-;/m1./s1. The molecule has 0 aliphatic rings. The fourth-order valence-electron chi connectivity index (χ4n) is 1.19. The zero-order chi connectivity index (χ0) is 9.84. The van der Waals surface area contributed by atoms with Crippen LogP contribution in [0.5, 0.6) is 5.75 Å². The summed E-state index contributed by atoms with van der Waals surface area (Å²) >= 11 is 0. The normalized spacial score (nSPS) is 11.9. The van der Waals surface area contributed by atoms with Crippen LogP contribution in [0, 0.1) is 6.92 Å². The molecule has 0 aliphatic carbocycles. The maximum Gasteiger partial charge on any atom is 0.118 e. The van der Waals surface area contributed by atoms with Crippen LogP contribution in [0.3, 0.4) is 0 Å². The van der Waals surface area contributed by atoms with Crippen molar-refractivity contribution >= 4 is 12.4 Å². The molecule has 1 aromatic rings. The lowest BCUT2D eigenvalue weighted by molar-refractivity contribution is 0.441. The molecule has 14 heavy (non-hydrogen) atoms. The number of phenols is 1. The van der Waals surface area contributed by atoms with Crippen molar-refractivity contribution in [3.8, 4) is 5.75 Å². The van der Waals surface area contributed by atoms with Crippen LogP contribution in [0.4, 0.5) is 4.39 Å². The van der Waals surface area contributed by atoms with Crippen molar-refractivity contribution in [2.24, 2.45) is 5.73 Å². The minimum atomic E-state index is -0.416. The van der Waals surface area contributed by atoms with Crippen LogP contribution >= 0.6 is 12.4 Å². The zero-order valence-electron chi connectivity index (χ0n) is 8.03. The van der Waals surface area contributed by atoms with Crippen molar-refractivity contribution in [2.75, 3.05) is 6.67 Å². The van der Waals surface area contributed by atoms with E-state index in [0.717, 1.165) is 11.1 Å². The number of alkyl halides is 1. The number of halogens is 2. The van der Waals surface area contributed by atoms with Crippen molar-refractivity contribution in [2.45, 2.75) is 19.4 Å². The number of aryl methyl sites for hydroxylation is 1. The Morgan fingerprint density at radius 2 is 2.14 bits per heavy atom. The molecule has 0 saturated carbocycles. The van der Waals surface area contributed by atoms with E-state index in [9.17, 15) is 9.50 Å². The summed E-state index contributed by atoms with van der Waals surface area (Å²) in [4.78, 5) is 0. The third kappa shape index (κ3) is 3.16. The first-order valence-electron chi connectivity index (χ1n) is 4.26. The minimum Gasteiger partial charge on any atom is -0.508 e. The monoisotopic (exact) mass is 219 g/mol. The van der Waals surface area contributed by atoms with E-state index in [-0.39, 0.29) is 24.2 Å². The summed E-state index contributed by atoms with van der Waals surface area (Å²) in [5.41, 5.74) is 7.34. The second-order valence-electron chi connectivity index (χ2n) is 3.13. The molecule has 3 N–H and O–H groups in total. The Morgan fingerprint density at radius 3 is 2.64 bits per heavy atom. The van der Waals surface area contributed by atoms with Crippen molar-refractivity contribution in [1.82, 2.24) is 0 Å². The number of nitrogens with two attached hydrogens (primary N) is 1. The fraction of sp³-hybridized carbons (Fsp3) is 0.400. The minimum absolute atomic E-state index is 0. The molecule has 1 rings (SSSR count). The van der Waals surface area contributed by atoms with Gasteiger partial charge in [0.15, 0.2) is 0 Å². The van der Waals surface area contributed by atoms with Gasteiger partial charge in [-0.05, 0) is 30.5 Å². The van der Waals surface area contributed by atoms with Crippen LogP contribution in [0.25, 0.3) is 0 Å². The Kier molecular flexibility index (Phi) is 5.50. The zero-order valence-corrected chi connectivity index (χ0v) is 8.85. The summed E-state index contributed by atoms with van der Waals surface area (Å²) in [5, 5.41) is 9.24. The molecule has 0 aromatic heterocycles. The van der Waals surface area contributed by atoms with E-state index in [1.807, 2.05) is 0 Å². The second-order valence-corrected chi connectivity index (χ2v) is 3.13. The molecule has 2 nitrogen and oxygen atoms in total. The molecule has 0 amide bonds. The Hall–Kier alpha value is -0.800. The lowest BCUT2D eigenvalue weighted by Gasteiger charge is -2.10. The highest BCUT2D eigenvalue weighted by molar-refractivity contribution is 5.85. The summed E-state index contributed by atoms with van der Waals surface area (Å²) in [6.45, 7) is 1.38. The first kappa shape index (κ1) is 13.2. The Bertz CT molecular complexity index is 293. The van der Waals surface area contributed by atoms with Gasteiger partial charge in [0.1, 0.15) is 5.75 Å². The molecule has 0 radical (unpaired) electrons. The molecular formula is C10H15ClFNO. The molecule has 1 atom stereocenters. The largest absolute Gasteiger partial charge is 0.508 e. The number of phenolic OH excluding ortho intramolecular Hbond substituents is 1. The number of hydrogen-bond donors (Lipinski definition) is 2. The van der Waals surface area contributed by atoms with E-state index < -0.39 is 6.67 Å². The molecular weight excluding hydrogens is 205 g/mol. The van der Waals surface area contributed by atoms with Crippen molar-refractivity contribution in [3.63, 3.8) is 0 Å². The molecule has 0 saturated heterocycles. The van der Waals surface area contributed by atoms with Gasteiger partial charge in [-0.2, -0.15) is 0 Å². The smallest absolute Gasteiger partial charge is 0.118 e. The number of benzene rings is 1. The number of rotatable bonds is 3. The highest BCUT2D eigenvalue weighted by Gasteiger charge is 2.06. The highest BCUT2D eigenvalue weighted by atomic mass is 35.5. The molecule has 0 fully saturated rings. The van der Waals surface area contributed by atoms with Gasteiger partial charge in [0.05, 0.1) is 6.67 Å². The lowest BCUT2D eigenvalue weighted by Crippen LogP contribution is -2.10. The van der Waals surface area contributed by atoms with Gasteiger partial charge < -0.3 is 10.8 Å². The van der Waals surface area contributed by atoms with Gasteiger partial charge >= 0.3 is 0 Å². The molecule has 0 bridgehead atoms. The van der Waals surface area contributed by atoms with Gasteiger partial charge in [-0.1, -0.05) is 12.1 Å². The Morgan fingerprint density at radius 1 is 1.50 bits per heavy atom. The summed E-state index contributed by atoms with van der Waals surface area (Å²) < 4.78 is 12.0. The number of hydrogen-bond acceptors (Lipinski definition) is 2. The molecule has 0 unspecified atom stereocenters. The first-order valence-corrected chi connectivity index (χ1v) is 4.26. The van der Waals surface area contributed by atoms with Gasteiger partial charge in [0.25, 0.3) is 0 Å². The topological polar surface area (TPSA) is 46.2 Å². The molecule has 0 heterocycles. The summed E-state index contributed by atoms with van der Waals surface area (Å²) in [7, 11) is 0. The lowest BCUT2D eigenvalue weighted by atomic mass is 10.0. The fourth-order valence-corrected chi connectivity index (χ4v) is 1.19. The van der Waals surface area contributed by atoms with Crippen molar-refractivity contribution < 1.29 is 9.50 Å². The van der Waals surface area contributed by atoms with E-state index >= 15 is 0 Å². The average molecular weight is 220 g/mol. The summed E-state index contributed by atoms with van der Waals surface area (Å²) in [6, 6.07) is 4.82. The van der Waals surface area contributed by atoms with Crippen LogP contribution in [0.15, 0.2) is 18.2 Å².